The molecule has 0 bridgehead atoms. The van der Waals surface area contributed by atoms with Gasteiger partial charge in [-0.05, 0) is 38.0 Å². The maximum Gasteiger partial charge on any atom is 0.418 e. The first kappa shape index (κ1) is 15.9. The van der Waals surface area contributed by atoms with E-state index in [1.165, 1.54) is 12.1 Å². The van der Waals surface area contributed by atoms with Gasteiger partial charge in [0.05, 0.1) is 5.56 Å². The van der Waals surface area contributed by atoms with E-state index in [4.69, 9.17) is 0 Å². The zero-order valence-electron chi connectivity index (χ0n) is 12.1. The molecule has 2 rings (SSSR count). The maximum atomic E-state index is 13.3. The van der Waals surface area contributed by atoms with Crippen LogP contribution in [0.25, 0.3) is 0 Å². The molecule has 1 fully saturated rings. The van der Waals surface area contributed by atoms with E-state index in [-0.39, 0.29) is 17.3 Å². The van der Waals surface area contributed by atoms with Gasteiger partial charge in [-0.25, -0.2) is 0 Å². The number of hydrogen-bond donors (Lipinski definition) is 0. The Morgan fingerprint density at radius 2 is 1.90 bits per heavy atom. The number of halogens is 3. The van der Waals surface area contributed by atoms with E-state index in [9.17, 15) is 18.0 Å². The third-order valence-electron chi connectivity index (χ3n) is 4.13. The number of rotatable bonds is 4. The molecular formula is C16H20F3NO. The van der Waals surface area contributed by atoms with Crippen LogP contribution in [0, 0.1) is 0 Å². The molecular weight excluding hydrogens is 279 g/mol. The fraction of sp³-hybridized carbons (Fsp3) is 0.562. The molecule has 5 heteroatoms. The van der Waals surface area contributed by atoms with Crippen LogP contribution in [0.4, 0.5) is 18.9 Å². The number of nitrogens with zero attached hydrogens (tertiary/aromatic N) is 1. The van der Waals surface area contributed by atoms with Crippen molar-refractivity contribution in [3.63, 3.8) is 0 Å². The van der Waals surface area contributed by atoms with E-state index in [0.717, 1.165) is 38.2 Å². The summed E-state index contributed by atoms with van der Waals surface area (Å²) in [7, 11) is 0. The Balaban J connectivity index is 2.42. The molecule has 1 aliphatic carbocycles. The van der Waals surface area contributed by atoms with Crippen molar-refractivity contribution in [3.8, 4) is 0 Å². The lowest BCUT2D eigenvalue weighted by atomic mass is 9.93. The summed E-state index contributed by atoms with van der Waals surface area (Å²) in [6.07, 6.45) is 1.15. The van der Waals surface area contributed by atoms with Gasteiger partial charge in [0.25, 0.3) is 0 Å². The molecule has 1 saturated carbocycles. The lowest BCUT2D eigenvalue weighted by Crippen LogP contribution is -2.38. The van der Waals surface area contributed by atoms with Crippen LogP contribution in [-0.2, 0) is 6.18 Å². The van der Waals surface area contributed by atoms with Gasteiger partial charge in [0.2, 0.25) is 0 Å². The van der Waals surface area contributed by atoms with Crippen molar-refractivity contribution >= 4 is 12.0 Å². The Morgan fingerprint density at radius 3 is 2.43 bits per heavy atom. The van der Waals surface area contributed by atoms with Gasteiger partial charge in [0.15, 0.2) is 0 Å². The fourth-order valence-electron chi connectivity index (χ4n) is 3.12. The largest absolute Gasteiger partial charge is 0.418 e. The van der Waals surface area contributed by atoms with Gasteiger partial charge in [-0.3, -0.25) is 4.79 Å². The molecule has 0 N–H and O–H groups in total. The molecule has 2 nitrogen and oxygen atoms in total. The maximum absolute atomic E-state index is 13.3. The second kappa shape index (κ2) is 6.50. The molecule has 0 aromatic heterocycles. The van der Waals surface area contributed by atoms with Crippen LogP contribution in [0.15, 0.2) is 18.2 Å². The summed E-state index contributed by atoms with van der Waals surface area (Å²) >= 11 is 0. The van der Waals surface area contributed by atoms with Crippen molar-refractivity contribution in [2.45, 2.75) is 51.2 Å². The SMILES string of the molecule is CCN(c1ccc(C=O)cc1C(F)(F)F)C1CCCCC1. The highest BCUT2D eigenvalue weighted by Crippen LogP contribution is 2.39. The highest BCUT2D eigenvalue weighted by Gasteiger charge is 2.36. The van der Waals surface area contributed by atoms with Crippen molar-refractivity contribution in [2.24, 2.45) is 0 Å². The lowest BCUT2D eigenvalue weighted by molar-refractivity contribution is -0.137. The van der Waals surface area contributed by atoms with Gasteiger partial charge < -0.3 is 4.90 Å². The third kappa shape index (κ3) is 3.57. The minimum atomic E-state index is -4.45. The number of carbonyl (C=O) groups is 1. The first-order valence-corrected chi connectivity index (χ1v) is 7.40. The smallest absolute Gasteiger partial charge is 0.368 e. The standard InChI is InChI=1S/C16H20F3NO/c1-2-20(13-6-4-3-5-7-13)15-9-8-12(11-21)10-14(15)16(17,18)19/h8-11,13H,2-7H2,1H3. The molecule has 0 saturated heterocycles. The zero-order chi connectivity index (χ0) is 15.5. The van der Waals surface area contributed by atoms with Crippen LogP contribution >= 0.6 is 0 Å². The van der Waals surface area contributed by atoms with Crippen molar-refractivity contribution in [1.82, 2.24) is 0 Å². The molecule has 0 amide bonds. The summed E-state index contributed by atoms with van der Waals surface area (Å²) < 4.78 is 39.9. The summed E-state index contributed by atoms with van der Waals surface area (Å²) in [5.74, 6) is 0. The van der Waals surface area contributed by atoms with Crippen LogP contribution in [0.3, 0.4) is 0 Å². The first-order chi connectivity index (χ1) is 9.97. The monoisotopic (exact) mass is 299 g/mol. The molecule has 1 aromatic carbocycles. The average molecular weight is 299 g/mol. The number of benzene rings is 1. The van der Waals surface area contributed by atoms with E-state index >= 15 is 0 Å². The Hall–Kier alpha value is -1.52. The minimum absolute atomic E-state index is 0.0609. The van der Waals surface area contributed by atoms with Crippen LogP contribution in [0.2, 0.25) is 0 Å². The Kier molecular flexibility index (Phi) is 4.91. The molecule has 1 aromatic rings. The van der Waals surface area contributed by atoms with Crippen molar-refractivity contribution in [3.05, 3.63) is 29.3 Å². The molecule has 0 unspecified atom stereocenters. The van der Waals surface area contributed by atoms with Crippen molar-refractivity contribution < 1.29 is 18.0 Å². The quantitative estimate of drug-likeness (QED) is 0.753. The number of anilines is 1. The number of aldehydes is 1. The summed E-state index contributed by atoms with van der Waals surface area (Å²) in [6.45, 7) is 2.41. The zero-order valence-corrected chi connectivity index (χ0v) is 12.1. The molecule has 21 heavy (non-hydrogen) atoms. The highest BCUT2D eigenvalue weighted by atomic mass is 19.4. The van der Waals surface area contributed by atoms with Gasteiger partial charge in [-0.1, -0.05) is 19.3 Å². The number of carbonyl (C=O) groups excluding carboxylic acids is 1. The third-order valence-corrected chi connectivity index (χ3v) is 4.13. The second-order valence-electron chi connectivity index (χ2n) is 5.47. The molecule has 0 aliphatic heterocycles. The van der Waals surface area contributed by atoms with Crippen LogP contribution < -0.4 is 4.90 Å². The van der Waals surface area contributed by atoms with Crippen molar-refractivity contribution in [2.75, 3.05) is 11.4 Å². The molecule has 0 atom stereocenters. The Morgan fingerprint density at radius 1 is 1.24 bits per heavy atom. The Bertz CT molecular complexity index is 493. The summed E-state index contributed by atoms with van der Waals surface area (Å²) in [6, 6.07) is 4.01. The Labute approximate surface area is 122 Å². The molecule has 1 aliphatic rings. The van der Waals surface area contributed by atoms with Crippen LogP contribution in [-0.4, -0.2) is 18.9 Å². The first-order valence-electron chi connectivity index (χ1n) is 7.40. The van der Waals surface area contributed by atoms with E-state index in [2.05, 4.69) is 0 Å². The lowest BCUT2D eigenvalue weighted by Gasteiger charge is -2.36. The fourth-order valence-corrected chi connectivity index (χ4v) is 3.12. The van der Waals surface area contributed by atoms with E-state index in [0.29, 0.717) is 12.8 Å². The average Bonchev–Trinajstić information content (AvgIpc) is 2.48. The van der Waals surface area contributed by atoms with Gasteiger partial charge in [-0.2, -0.15) is 13.2 Å². The molecule has 0 radical (unpaired) electrons. The van der Waals surface area contributed by atoms with E-state index in [1.54, 1.807) is 0 Å². The van der Waals surface area contributed by atoms with Gasteiger partial charge in [0, 0.05) is 23.8 Å². The minimum Gasteiger partial charge on any atom is -0.368 e. The van der Waals surface area contributed by atoms with Crippen LogP contribution in [0.5, 0.6) is 0 Å². The highest BCUT2D eigenvalue weighted by molar-refractivity contribution is 5.77. The van der Waals surface area contributed by atoms with Gasteiger partial charge in [0.1, 0.15) is 6.29 Å². The molecule has 116 valence electrons. The van der Waals surface area contributed by atoms with Crippen LogP contribution in [0.1, 0.15) is 54.9 Å². The number of hydrogen-bond acceptors (Lipinski definition) is 2. The number of alkyl halides is 3. The summed E-state index contributed by atoms with van der Waals surface area (Å²) in [5, 5.41) is 0. The topological polar surface area (TPSA) is 20.3 Å². The van der Waals surface area contributed by atoms with E-state index in [1.807, 2.05) is 11.8 Å². The summed E-state index contributed by atoms with van der Waals surface area (Å²) in [4.78, 5) is 12.6. The second-order valence-corrected chi connectivity index (χ2v) is 5.47. The van der Waals surface area contributed by atoms with Gasteiger partial charge in [-0.15, -0.1) is 0 Å². The van der Waals surface area contributed by atoms with E-state index < -0.39 is 11.7 Å². The van der Waals surface area contributed by atoms with Gasteiger partial charge >= 0.3 is 6.18 Å². The summed E-state index contributed by atoms with van der Waals surface area (Å²) in [5.41, 5.74) is -0.451. The predicted molar refractivity (Wildman–Crippen MR) is 76.7 cm³/mol. The van der Waals surface area contributed by atoms with Crippen molar-refractivity contribution in [1.29, 1.82) is 0 Å². The molecule has 0 heterocycles. The predicted octanol–water partition coefficient (Wildman–Crippen LogP) is 4.68. The molecule has 0 spiro atoms. The normalized spacial score (nSPS) is 16.8.